The third-order valence-corrected chi connectivity index (χ3v) is 5.72. The van der Waals surface area contributed by atoms with Gasteiger partial charge in [-0.25, -0.2) is 0 Å². The Morgan fingerprint density at radius 1 is 1.16 bits per heavy atom. The first-order chi connectivity index (χ1) is 15.6. The maximum Gasteiger partial charge on any atom is 0.270 e. The summed E-state index contributed by atoms with van der Waals surface area (Å²) in [5.41, 5.74) is 3.06. The van der Waals surface area contributed by atoms with Gasteiger partial charge in [0, 0.05) is 42.2 Å². The van der Waals surface area contributed by atoms with Crippen molar-refractivity contribution >= 4 is 28.4 Å². The number of hydrogen-bond acceptors (Lipinski definition) is 5. The van der Waals surface area contributed by atoms with Crippen molar-refractivity contribution in [2.45, 2.75) is 25.7 Å². The summed E-state index contributed by atoms with van der Waals surface area (Å²) in [6.07, 6.45) is 1.76. The Morgan fingerprint density at radius 3 is 2.75 bits per heavy atom. The third kappa shape index (κ3) is 3.99. The minimum Gasteiger partial charge on any atom is -0.351 e. The molecule has 2 aromatic carbocycles. The van der Waals surface area contributed by atoms with Gasteiger partial charge in [-0.1, -0.05) is 23.4 Å². The molecule has 0 bridgehead atoms. The second-order valence-electron chi connectivity index (χ2n) is 8.08. The van der Waals surface area contributed by atoms with Crippen LogP contribution in [-0.4, -0.2) is 44.9 Å². The molecule has 1 aliphatic heterocycles. The van der Waals surface area contributed by atoms with E-state index in [2.05, 4.69) is 20.4 Å². The van der Waals surface area contributed by atoms with E-state index in [4.69, 9.17) is 4.52 Å². The lowest BCUT2D eigenvalue weighted by atomic mass is 9.97. The first-order valence-electron chi connectivity index (χ1n) is 10.7. The van der Waals surface area contributed by atoms with Gasteiger partial charge in [-0.05, 0) is 49.2 Å². The molecule has 0 aliphatic carbocycles. The fourth-order valence-corrected chi connectivity index (χ4v) is 4.15. The highest BCUT2D eigenvalue weighted by molar-refractivity contribution is 5.98. The predicted molar refractivity (Wildman–Crippen MR) is 120 cm³/mol. The summed E-state index contributed by atoms with van der Waals surface area (Å²) < 4.78 is 5.56. The van der Waals surface area contributed by atoms with Crippen molar-refractivity contribution in [3.8, 4) is 11.4 Å². The first-order valence-corrected chi connectivity index (χ1v) is 10.7. The first kappa shape index (κ1) is 20.0. The van der Waals surface area contributed by atoms with Crippen LogP contribution in [0.5, 0.6) is 0 Å². The SMILES string of the molecule is CC(=O)Nc1ccc(-c2noc(C3CCCN(C(=O)c4cc5ccccc5[nH]4)C3)n2)cc1. The number of likely N-dealkylation sites (tertiary alicyclic amines) is 1. The zero-order valence-electron chi connectivity index (χ0n) is 17.7. The van der Waals surface area contributed by atoms with Gasteiger partial charge >= 0.3 is 0 Å². The number of piperidine rings is 1. The van der Waals surface area contributed by atoms with E-state index in [1.165, 1.54) is 6.92 Å². The maximum atomic E-state index is 13.1. The van der Waals surface area contributed by atoms with E-state index in [9.17, 15) is 9.59 Å². The van der Waals surface area contributed by atoms with E-state index >= 15 is 0 Å². The third-order valence-electron chi connectivity index (χ3n) is 5.72. The number of carbonyl (C=O) groups is 2. The van der Waals surface area contributed by atoms with Gasteiger partial charge in [0.2, 0.25) is 17.6 Å². The number of anilines is 1. The summed E-state index contributed by atoms with van der Waals surface area (Å²) in [7, 11) is 0. The monoisotopic (exact) mass is 429 g/mol. The number of amides is 2. The zero-order valence-corrected chi connectivity index (χ0v) is 17.7. The molecule has 1 unspecified atom stereocenters. The van der Waals surface area contributed by atoms with Crippen LogP contribution in [0.15, 0.2) is 59.1 Å². The van der Waals surface area contributed by atoms with Crippen LogP contribution in [0.3, 0.4) is 0 Å². The summed E-state index contributed by atoms with van der Waals surface area (Å²) in [5.74, 6) is 0.896. The van der Waals surface area contributed by atoms with Crippen LogP contribution in [0.25, 0.3) is 22.3 Å². The predicted octanol–water partition coefficient (Wildman–Crippen LogP) is 4.20. The highest BCUT2D eigenvalue weighted by Crippen LogP contribution is 2.29. The van der Waals surface area contributed by atoms with Crippen LogP contribution in [0.2, 0.25) is 0 Å². The average molecular weight is 429 g/mol. The number of fused-ring (bicyclic) bond motifs is 1. The van der Waals surface area contributed by atoms with Crippen molar-refractivity contribution in [3.63, 3.8) is 0 Å². The van der Waals surface area contributed by atoms with Crippen LogP contribution in [0.4, 0.5) is 5.69 Å². The summed E-state index contributed by atoms with van der Waals surface area (Å²) in [6, 6.07) is 17.0. The summed E-state index contributed by atoms with van der Waals surface area (Å²) >= 11 is 0. The van der Waals surface area contributed by atoms with Crippen LogP contribution in [-0.2, 0) is 4.79 Å². The summed E-state index contributed by atoms with van der Waals surface area (Å²) in [5, 5.41) is 7.88. The van der Waals surface area contributed by atoms with E-state index in [1.54, 1.807) is 12.1 Å². The van der Waals surface area contributed by atoms with Crippen molar-refractivity contribution in [1.82, 2.24) is 20.0 Å². The molecule has 3 heterocycles. The molecule has 8 nitrogen and oxygen atoms in total. The van der Waals surface area contributed by atoms with E-state index in [-0.39, 0.29) is 17.7 Å². The highest BCUT2D eigenvalue weighted by Gasteiger charge is 2.29. The fourth-order valence-electron chi connectivity index (χ4n) is 4.15. The number of rotatable bonds is 4. The molecule has 1 atom stereocenters. The Labute approximate surface area is 184 Å². The Morgan fingerprint density at radius 2 is 1.97 bits per heavy atom. The largest absolute Gasteiger partial charge is 0.351 e. The molecule has 0 radical (unpaired) electrons. The number of benzene rings is 2. The van der Waals surface area contributed by atoms with Crippen molar-refractivity contribution in [3.05, 3.63) is 66.2 Å². The highest BCUT2D eigenvalue weighted by atomic mass is 16.5. The number of H-pyrrole nitrogens is 1. The molecule has 0 saturated carbocycles. The number of hydrogen-bond donors (Lipinski definition) is 2. The topological polar surface area (TPSA) is 104 Å². The molecule has 1 saturated heterocycles. The molecule has 4 aromatic rings. The van der Waals surface area contributed by atoms with Gasteiger partial charge in [-0.3, -0.25) is 9.59 Å². The van der Waals surface area contributed by atoms with Crippen molar-refractivity contribution in [1.29, 1.82) is 0 Å². The number of aromatic amines is 1. The summed E-state index contributed by atoms with van der Waals surface area (Å²) in [6.45, 7) is 2.71. The van der Waals surface area contributed by atoms with Gasteiger partial charge in [-0.2, -0.15) is 4.98 Å². The Kier molecular flexibility index (Phi) is 5.18. The van der Waals surface area contributed by atoms with Gasteiger partial charge in [-0.15, -0.1) is 0 Å². The molecule has 2 aromatic heterocycles. The van der Waals surface area contributed by atoms with Gasteiger partial charge in [0.05, 0.1) is 5.92 Å². The van der Waals surface area contributed by atoms with E-state index in [0.29, 0.717) is 36.2 Å². The molecule has 8 heteroatoms. The minimum atomic E-state index is -0.122. The van der Waals surface area contributed by atoms with E-state index in [0.717, 1.165) is 29.3 Å². The summed E-state index contributed by atoms with van der Waals surface area (Å²) in [4.78, 5) is 33.9. The number of aromatic nitrogens is 3. The molecular weight excluding hydrogens is 406 g/mol. The Bertz CT molecular complexity index is 1240. The van der Waals surface area contributed by atoms with Crippen molar-refractivity contribution in [2.24, 2.45) is 0 Å². The van der Waals surface area contributed by atoms with E-state index < -0.39 is 0 Å². The normalized spacial score (nSPS) is 16.3. The standard InChI is InChI=1S/C24H23N5O3/c1-15(30)25-19-10-8-16(9-11-19)22-27-23(32-28-22)18-6-4-12-29(14-18)24(31)21-13-17-5-2-3-7-20(17)26-21/h2-3,5,7-11,13,18,26H,4,6,12,14H2,1H3,(H,25,30). The molecule has 0 spiro atoms. The fraction of sp³-hybridized carbons (Fsp3) is 0.250. The lowest BCUT2D eigenvalue weighted by molar-refractivity contribution is -0.114. The molecule has 1 fully saturated rings. The second kappa shape index (κ2) is 8.30. The second-order valence-corrected chi connectivity index (χ2v) is 8.08. The Balaban J connectivity index is 1.30. The van der Waals surface area contributed by atoms with Crippen molar-refractivity contribution in [2.75, 3.05) is 18.4 Å². The van der Waals surface area contributed by atoms with Crippen LogP contribution in [0.1, 0.15) is 42.1 Å². The average Bonchev–Trinajstić information content (AvgIpc) is 3.46. The number of nitrogens with one attached hydrogen (secondary N) is 2. The van der Waals surface area contributed by atoms with Crippen molar-refractivity contribution < 1.29 is 14.1 Å². The molecule has 2 amide bonds. The number of nitrogens with zero attached hydrogens (tertiary/aromatic N) is 3. The molecule has 32 heavy (non-hydrogen) atoms. The minimum absolute atomic E-state index is 0.00280. The zero-order chi connectivity index (χ0) is 22.1. The Hall–Kier alpha value is -3.94. The van der Waals surface area contributed by atoms with E-state index in [1.807, 2.05) is 47.4 Å². The quantitative estimate of drug-likeness (QED) is 0.506. The number of para-hydroxylation sites is 1. The van der Waals surface area contributed by atoms with Crippen LogP contribution in [0, 0.1) is 0 Å². The lowest BCUT2D eigenvalue weighted by Crippen LogP contribution is -2.39. The van der Waals surface area contributed by atoms with Gasteiger partial charge in [0.1, 0.15) is 5.69 Å². The molecule has 2 N–H and O–H groups in total. The molecule has 1 aliphatic rings. The van der Waals surface area contributed by atoms with Crippen LogP contribution < -0.4 is 5.32 Å². The van der Waals surface area contributed by atoms with Crippen LogP contribution >= 0.6 is 0 Å². The lowest BCUT2D eigenvalue weighted by Gasteiger charge is -2.30. The smallest absolute Gasteiger partial charge is 0.270 e. The van der Waals surface area contributed by atoms with Gasteiger partial charge < -0.3 is 19.7 Å². The van der Waals surface area contributed by atoms with Gasteiger partial charge in [0.15, 0.2) is 0 Å². The van der Waals surface area contributed by atoms with Gasteiger partial charge in [0.25, 0.3) is 5.91 Å². The molecule has 5 rings (SSSR count). The maximum absolute atomic E-state index is 13.1. The molecular formula is C24H23N5O3. The molecule has 162 valence electrons. The number of carbonyl (C=O) groups excluding carboxylic acids is 2.